The number of carbonyl (C=O) groups is 3. The first-order valence-electron chi connectivity index (χ1n) is 11.1. The second-order valence-corrected chi connectivity index (χ2v) is 9.41. The fourth-order valence-corrected chi connectivity index (χ4v) is 4.13. The molecule has 2 amide bonds. The van der Waals surface area contributed by atoms with Gasteiger partial charge >= 0.3 is 18.2 Å². The molecule has 0 spiro atoms. The van der Waals surface area contributed by atoms with E-state index in [0.29, 0.717) is 31.1 Å². The average Bonchev–Trinajstić information content (AvgIpc) is 3.24. The van der Waals surface area contributed by atoms with Gasteiger partial charge in [0.25, 0.3) is 0 Å². The van der Waals surface area contributed by atoms with Gasteiger partial charge in [-0.3, -0.25) is 9.69 Å². The number of nitrogens with zero attached hydrogens (tertiary/aromatic N) is 3. The summed E-state index contributed by atoms with van der Waals surface area (Å²) < 4.78 is 44.7. The van der Waals surface area contributed by atoms with Crippen molar-refractivity contribution in [2.75, 3.05) is 33.2 Å². The SMILES string of the molecule is Cc1nc(CNC(=O)N(C)CC2CCN(CC(=O)c3ccc(F)cc3)CC2)cs1.O=C(O)C(F)(F)F. The lowest BCUT2D eigenvalue weighted by Gasteiger charge is -2.33. The smallest absolute Gasteiger partial charge is 0.475 e. The maximum Gasteiger partial charge on any atom is 0.490 e. The first-order chi connectivity index (χ1) is 16.8. The minimum Gasteiger partial charge on any atom is -0.475 e. The molecule has 2 N–H and O–H groups in total. The number of amides is 2. The van der Waals surface area contributed by atoms with Crippen LogP contribution in [0.25, 0.3) is 0 Å². The Morgan fingerprint density at radius 3 is 2.28 bits per heavy atom. The first kappa shape index (κ1) is 29.2. The Kier molecular flexibility index (Phi) is 10.8. The van der Waals surface area contributed by atoms with Crippen molar-refractivity contribution in [3.63, 3.8) is 0 Å². The molecule has 0 bridgehead atoms. The molecule has 0 radical (unpaired) electrons. The number of halogens is 4. The highest BCUT2D eigenvalue weighted by molar-refractivity contribution is 7.09. The molecule has 3 rings (SSSR count). The van der Waals surface area contributed by atoms with Crippen LogP contribution in [-0.4, -0.2) is 77.1 Å². The number of alkyl halides is 3. The summed E-state index contributed by atoms with van der Waals surface area (Å²) in [5, 5.41) is 13.0. The van der Waals surface area contributed by atoms with Crippen molar-refractivity contribution in [3.8, 4) is 0 Å². The van der Waals surface area contributed by atoms with Gasteiger partial charge in [0, 0.05) is 24.5 Å². The number of hydrogen-bond donors (Lipinski definition) is 2. The quantitative estimate of drug-likeness (QED) is 0.414. The number of likely N-dealkylation sites (tertiary alicyclic amines) is 1. The monoisotopic (exact) mass is 532 g/mol. The molecule has 1 fully saturated rings. The van der Waals surface area contributed by atoms with E-state index in [9.17, 15) is 27.2 Å². The maximum absolute atomic E-state index is 13.0. The number of aromatic nitrogens is 1. The summed E-state index contributed by atoms with van der Waals surface area (Å²) in [6.45, 7) is 5.08. The molecule has 2 aromatic rings. The summed E-state index contributed by atoms with van der Waals surface area (Å²) in [6, 6.07) is 5.60. The van der Waals surface area contributed by atoms with Crippen LogP contribution in [0, 0.1) is 18.7 Å². The highest BCUT2D eigenvalue weighted by Crippen LogP contribution is 2.19. The molecule has 36 heavy (non-hydrogen) atoms. The molecule has 1 aromatic carbocycles. The zero-order valence-electron chi connectivity index (χ0n) is 19.8. The van der Waals surface area contributed by atoms with Crippen molar-refractivity contribution in [1.82, 2.24) is 20.1 Å². The molecule has 198 valence electrons. The molecule has 1 saturated heterocycles. The number of Topliss-reactive ketones (excluding diaryl/α,β-unsaturated/α-hetero) is 1. The second kappa shape index (κ2) is 13.3. The topological polar surface area (TPSA) is 103 Å². The number of urea groups is 1. The molecular weight excluding hydrogens is 504 g/mol. The van der Waals surface area contributed by atoms with Gasteiger partial charge < -0.3 is 15.3 Å². The summed E-state index contributed by atoms with van der Waals surface area (Å²) in [6.07, 6.45) is -3.20. The van der Waals surface area contributed by atoms with Gasteiger partial charge in [-0.05, 0) is 63.0 Å². The third-order valence-corrected chi connectivity index (χ3v) is 6.27. The second-order valence-electron chi connectivity index (χ2n) is 8.35. The molecule has 2 heterocycles. The standard InChI is InChI=1S/C21H27FN4O2S.C2HF3O2/c1-15-24-19(14-29-15)11-23-21(28)25(2)12-16-7-9-26(10-8-16)13-20(27)17-3-5-18(22)6-4-17;3-2(4,5)1(6)7/h3-6,14,16H,7-13H2,1-2H3,(H,23,28);(H,6,7). The van der Waals surface area contributed by atoms with Gasteiger partial charge in [0.15, 0.2) is 5.78 Å². The van der Waals surface area contributed by atoms with E-state index in [1.54, 1.807) is 16.2 Å². The number of carboxylic acids is 1. The third-order valence-electron chi connectivity index (χ3n) is 5.45. The van der Waals surface area contributed by atoms with Crippen molar-refractivity contribution in [3.05, 3.63) is 51.7 Å². The number of rotatable bonds is 7. The van der Waals surface area contributed by atoms with E-state index < -0.39 is 12.1 Å². The molecular formula is C23H28F4N4O4S. The Hall–Kier alpha value is -3.06. The van der Waals surface area contributed by atoms with E-state index in [4.69, 9.17) is 9.90 Å². The van der Waals surface area contributed by atoms with Gasteiger partial charge in [-0.25, -0.2) is 19.0 Å². The van der Waals surface area contributed by atoms with E-state index >= 15 is 0 Å². The van der Waals surface area contributed by atoms with Gasteiger partial charge in [-0.1, -0.05) is 0 Å². The number of hydrogen-bond acceptors (Lipinski definition) is 6. The lowest BCUT2D eigenvalue weighted by Crippen LogP contribution is -2.43. The zero-order valence-corrected chi connectivity index (χ0v) is 20.7. The number of carboxylic acid groups (broad SMARTS) is 1. The highest BCUT2D eigenvalue weighted by Gasteiger charge is 2.38. The Morgan fingerprint density at radius 1 is 1.19 bits per heavy atom. The molecule has 0 saturated carbocycles. The lowest BCUT2D eigenvalue weighted by atomic mass is 9.96. The van der Waals surface area contributed by atoms with Crippen LogP contribution in [-0.2, 0) is 11.3 Å². The Balaban J connectivity index is 0.000000572. The highest BCUT2D eigenvalue weighted by atomic mass is 32.1. The number of ketones is 1. The molecule has 13 heteroatoms. The van der Waals surface area contributed by atoms with Crippen LogP contribution < -0.4 is 5.32 Å². The number of piperidine rings is 1. The Labute approximate surface area is 209 Å². The van der Waals surface area contributed by atoms with E-state index in [-0.39, 0.29) is 17.6 Å². The maximum atomic E-state index is 13.0. The van der Waals surface area contributed by atoms with E-state index in [1.807, 2.05) is 19.4 Å². The van der Waals surface area contributed by atoms with E-state index in [1.165, 1.54) is 24.3 Å². The average molecular weight is 533 g/mol. The number of thiazole rings is 1. The molecule has 8 nitrogen and oxygen atoms in total. The number of aryl methyl sites for hydroxylation is 1. The summed E-state index contributed by atoms with van der Waals surface area (Å²) in [4.78, 5) is 41.7. The normalized spacial score (nSPS) is 14.5. The summed E-state index contributed by atoms with van der Waals surface area (Å²) in [5.41, 5.74) is 1.42. The minimum absolute atomic E-state index is 0.0113. The van der Waals surface area contributed by atoms with Crippen LogP contribution >= 0.6 is 11.3 Å². The summed E-state index contributed by atoms with van der Waals surface area (Å²) >= 11 is 1.58. The molecule has 1 aliphatic rings. The van der Waals surface area contributed by atoms with Gasteiger partial charge in [0.05, 0.1) is 23.8 Å². The van der Waals surface area contributed by atoms with Crippen LogP contribution in [0.4, 0.5) is 22.4 Å². The van der Waals surface area contributed by atoms with E-state index in [2.05, 4.69) is 15.2 Å². The number of benzene rings is 1. The van der Waals surface area contributed by atoms with Gasteiger partial charge in [-0.2, -0.15) is 13.2 Å². The van der Waals surface area contributed by atoms with Gasteiger partial charge in [0.2, 0.25) is 0 Å². The predicted molar refractivity (Wildman–Crippen MR) is 125 cm³/mol. The van der Waals surface area contributed by atoms with Crippen molar-refractivity contribution < 1.29 is 37.1 Å². The Bertz CT molecular complexity index is 1020. The predicted octanol–water partition coefficient (Wildman–Crippen LogP) is 3.96. The van der Waals surface area contributed by atoms with Crippen LogP contribution in [0.3, 0.4) is 0 Å². The van der Waals surface area contributed by atoms with Crippen LogP contribution in [0.1, 0.15) is 33.9 Å². The van der Waals surface area contributed by atoms with E-state index in [0.717, 1.165) is 36.6 Å². The summed E-state index contributed by atoms with van der Waals surface area (Å²) in [7, 11) is 1.81. The molecule has 1 aromatic heterocycles. The van der Waals surface area contributed by atoms with Crippen LogP contribution in [0.15, 0.2) is 29.6 Å². The van der Waals surface area contributed by atoms with Crippen molar-refractivity contribution in [2.45, 2.75) is 32.5 Å². The fourth-order valence-electron chi connectivity index (χ4n) is 3.52. The largest absolute Gasteiger partial charge is 0.490 e. The third kappa shape index (κ3) is 9.90. The molecule has 0 atom stereocenters. The van der Waals surface area contributed by atoms with Gasteiger partial charge in [0.1, 0.15) is 5.82 Å². The van der Waals surface area contributed by atoms with Crippen LogP contribution in [0.5, 0.6) is 0 Å². The molecule has 1 aliphatic heterocycles. The minimum atomic E-state index is -5.08. The molecule has 0 aliphatic carbocycles. The lowest BCUT2D eigenvalue weighted by molar-refractivity contribution is -0.192. The number of carbonyl (C=O) groups excluding carboxylic acids is 2. The van der Waals surface area contributed by atoms with Crippen molar-refractivity contribution >= 4 is 29.1 Å². The summed E-state index contributed by atoms with van der Waals surface area (Å²) in [5.74, 6) is -2.66. The van der Waals surface area contributed by atoms with Crippen LogP contribution in [0.2, 0.25) is 0 Å². The van der Waals surface area contributed by atoms with Gasteiger partial charge in [-0.15, -0.1) is 11.3 Å². The number of nitrogens with one attached hydrogen (secondary N) is 1. The fraction of sp³-hybridized carbons (Fsp3) is 0.478. The van der Waals surface area contributed by atoms with Crippen molar-refractivity contribution in [2.24, 2.45) is 5.92 Å². The van der Waals surface area contributed by atoms with Crippen molar-refractivity contribution in [1.29, 1.82) is 0 Å². The first-order valence-corrected chi connectivity index (χ1v) is 11.9. The Morgan fingerprint density at radius 2 is 1.78 bits per heavy atom. The zero-order chi connectivity index (χ0) is 26.9. The number of aliphatic carboxylic acids is 1. The molecule has 0 unspecified atom stereocenters.